The van der Waals surface area contributed by atoms with E-state index in [0.29, 0.717) is 23.8 Å². The number of nitrogens with two attached hydrogens (primary N) is 1. The first kappa shape index (κ1) is 14.6. The number of aryl methyl sites for hydroxylation is 1. The monoisotopic (exact) mass is 268 g/mol. The zero-order valence-corrected chi connectivity index (χ0v) is 11.9. The molecule has 0 spiro atoms. The standard InChI is InChI=1S/C12H20N4OS/c1-4-6-16-7-5-14-11(12(16)17)15(3)9(2)8-10(13)18/h5,7,9H,4,6,8H2,1-3H3,(H2,13,18). The Kier molecular flexibility index (Phi) is 5.27. The Hall–Kier alpha value is -1.43. The van der Waals surface area contributed by atoms with E-state index in [4.69, 9.17) is 18.0 Å². The molecule has 0 saturated carbocycles. The van der Waals surface area contributed by atoms with Gasteiger partial charge in [0.25, 0.3) is 5.56 Å². The van der Waals surface area contributed by atoms with E-state index in [1.165, 1.54) is 0 Å². The Labute approximate surface area is 113 Å². The lowest BCUT2D eigenvalue weighted by molar-refractivity contribution is 0.632. The molecule has 1 unspecified atom stereocenters. The Morgan fingerprint density at radius 1 is 1.67 bits per heavy atom. The topological polar surface area (TPSA) is 64.2 Å². The molecule has 6 heteroatoms. The highest BCUT2D eigenvalue weighted by Gasteiger charge is 2.16. The third kappa shape index (κ3) is 3.53. The second kappa shape index (κ2) is 6.49. The maximum Gasteiger partial charge on any atom is 0.293 e. The summed E-state index contributed by atoms with van der Waals surface area (Å²) in [6, 6.07) is 0.0557. The summed E-state index contributed by atoms with van der Waals surface area (Å²) in [6.07, 6.45) is 4.84. The van der Waals surface area contributed by atoms with E-state index < -0.39 is 0 Å². The predicted octanol–water partition coefficient (Wildman–Crippen LogP) is 1.15. The second-order valence-corrected chi connectivity index (χ2v) is 4.90. The van der Waals surface area contributed by atoms with Gasteiger partial charge in [-0.05, 0) is 13.3 Å². The number of hydrogen-bond acceptors (Lipinski definition) is 4. The lowest BCUT2D eigenvalue weighted by Gasteiger charge is -2.25. The highest BCUT2D eigenvalue weighted by Crippen LogP contribution is 2.08. The molecule has 0 bridgehead atoms. The Morgan fingerprint density at radius 3 is 2.89 bits per heavy atom. The summed E-state index contributed by atoms with van der Waals surface area (Å²) in [5.41, 5.74) is 5.45. The van der Waals surface area contributed by atoms with E-state index in [1.807, 2.05) is 25.8 Å². The first-order valence-corrected chi connectivity index (χ1v) is 6.44. The van der Waals surface area contributed by atoms with Gasteiger partial charge in [-0.15, -0.1) is 0 Å². The van der Waals surface area contributed by atoms with Crippen LogP contribution in [0.25, 0.3) is 0 Å². The van der Waals surface area contributed by atoms with Crippen LogP contribution in [0.4, 0.5) is 5.82 Å². The summed E-state index contributed by atoms with van der Waals surface area (Å²) in [5.74, 6) is 0.440. The van der Waals surface area contributed by atoms with Crippen molar-refractivity contribution >= 4 is 23.0 Å². The highest BCUT2D eigenvalue weighted by atomic mass is 32.1. The molecule has 1 rings (SSSR count). The van der Waals surface area contributed by atoms with Gasteiger partial charge in [0.1, 0.15) is 0 Å². The predicted molar refractivity (Wildman–Crippen MR) is 78.1 cm³/mol. The van der Waals surface area contributed by atoms with E-state index in [0.717, 1.165) is 6.42 Å². The fourth-order valence-corrected chi connectivity index (χ4v) is 1.97. The number of aromatic nitrogens is 2. The van der Waals surface area contributed by atoms with Crippen molar-refractivity contribution in [3.63, 3.8) is 0 Å². The van der Waals surface area contributed by atoms with Gasteiger partial charge in [-0.3, -0.25) is 4.79 Å². The molecule has 0 aromatic carbocycles. The molecule has 100 valence electrons. The third-order valence-electron chi connectivity index (χ3n) is 2.85. The normalized spacial score (nSPS) is 12.2. The molecule has 1 atom stereocenters. The molecule has 1 heterocycles. The third-order valence-corrected chi connectivity index (χ3v) is 3.02. The summed E-state index contributed by atoms with van der Waals surface area (Å²) in [7, 11) is 1.84. The maximum atomic E-state index is 12.2. The number of anilines is 1. The van der Waals surface area contributed by atoms with E-state index >= 15 is 0 Å². The van der Waals surface area contributed by atoms with Crippen LogP contribution in [0.3, 0.4) is 0 Å². The average Bonchev–Trinajstić information content (AvgIpc) is 2.30. The molecule has 0 aliphatic carbocycles. The van der Waals surface area contributed by atoms with Gasteiger partial charge in [-0.25, -0.2) is 4.98 Å². The fraction of sp³-hybridized carbons (Fsp3) is 0.583. The van der Waals surface area contributed by atoms with Gasteiger partial charge in [-0.1, -0.05) is 19.1 Å². The molecule has 0 fully saturated rings. The molecule has 1 aromatic heterocycles. The minimum atomic E-state index is -0.0726. The minimum Gasteiger partial charge on any atom is -0.393 e. The molecule has 0 saturated heterocycles. The van der Waals surface area contributed by atoms with Crippen molar-refractivity contribution < 1.29 is 0 Å². The lowest BCUT2D eigenvalue weighted by atomic mass is 10.2. The van der Waals surface area contributed by atoms with Crippen LogP contribution in [0.15, 0.2) is 17.2 Å². The molecular formula is C12H20N4OS. The van der Waals surface area contributed by atoms with Crippen LogP contribution >= 0.6 is 12.2 Å². The quantitative estimate of drug-likeness (QED) is 0.784. The van der Waals surface area contributed by atoms with Crippen molar-refractivity contribution in [2.75, 3.05) is 11.9 Å². The molecule has 1 aromatic rings. The van der Waals surface area contributed by atoms with Crippen LogP contribution in [0, 0.1) is 0 Å². The zero-order chi connectivity index (χ0) is 13.7. The minimum absolute atomic E-state index is 0.0557. The Morgan fingerprint density at radius 2 is 2.33 bits per heavy atom. The summed E-state index contributed by atoms with van der Waals surface area (Å²) >= 11 is 4.89. The Balaban J connectivity index is 2.98. The maximum absolute atomic E-state index is 12.2. The van der Waals surface area contributed by atoms with Gasteiger partial charge in [-0.2, -0.15) is 0 Å². The summed E-state index contributed by atoms with van der Waals surface area (Å²) < 4.78 is 1.67. The van der Waals surface area contributed by atoms with Gasteiger partial charge in [0.05, 0.1) is 4.99 Å². The van der Waals surface area contributed by atoms with Gasteiger partial charge in [0.2, 0.25) is 0 Å². The van der Waals surface area contributed by atoms with Crippen LogP contribution < -0.4 is 16.2 Å². The van der Waals surface area contributed by atoms with Gasteiger partial charge >= 0.3 is 0 Å². The molecule has 2 N–H and O–H groups in total. The van der Waals surface area contributed by atoms with Gasteiger partial charge in [0, 0.05) is 38.4 Å². The number of nitrogens with zero attached hydrogens (tertiary/aromatic N) is 3. The molecule has 18 heavy (non-hydrogen) atoms. The zero-order valence-electron chi connectivity index (χ0n) is 11.1. The molecule has 0 aliphatic rings. The van der Waals surface area contributed by atoms with Crippen LogP contribution in [-0.2, 0) is 6.54 Å². The van der Waals surface area contributed by atoms with Crippen LogP contribution in [-0.4, -0.2) is 27.6 Å². The highest BCUT2D eigenvalue weighted by molar-refractivity contribution is 7.80. The van der Waals surface area contributed by atoms with Crippen molar-refractivity contribution in [3.8, 4) is 0 Å². The van der Waals surface area contributed by atoms with Crippen molar-refractivity contribution in [1.82, 2.24) is 9.55 Å². The fourth-order valence-electron chi connectivity index (χ4n) is 1.73. The number of hydrogen-bond donors (Lipinski definition) is 1. The molecule has 0 radical (unpaired) electrons. The average molecular weight is 268 g/mol. The van der Waals surface area contributed by atoms with Crippen LogP contribution in [0.2, 0.25) is 0 Å². The van der Waals surface area contributed by atoms with Crippen molar-refractivity contribution in [2.24, 2.45) is 5.73 Å². The van der Waals surface area contributed by atoms with Crippen LogP contribution in [0.5, 0.6) is 0 Å². The summed E-state index contributed by atoms with van der Waals surface area (Å²) in [6.45, 7) is 4.70. The molecule has 0 amide bonds. The van der Waals surface area contributed by atoms with Crippen molar-refractivity contribution in [1.29, 1.82) is 0 Å². The first-order chi connectivity index (χ1) is 8.47. The van der Waals surface area contributed by atoms with Crippen LogP contribution in [0.1, 0.15) is 26.7 Å². The number of rotatable bonds is 6. The summed E-state index contributed by atoms with van der Waals surface area (Å²) in [4.78, 5) is 18.6. The molecule has 0 aliphatic heterocycles. The molecular weight excluding hydrogens is 248 g/mol. The summed E-state index contributed by atoms with van der Waals surface area (Å²) in [5, 5.41) is 0. The van der Waals surface area contributed by atoms with E-state index in [2.05, 4.69) is 4.98 Å². The van der Waals surface area contributed by atoms with E-state index in [1.54, 1.807) is 17.0 Å². The largest absolute Gasteiger partial charge is 0.393 e. The second-order valence-electron chi connectivity index (χ2n) is 4.38. The Bertz CT molecular complexity index is 471. The van der Waals surface area contributed by atoms with Crippen molar-refractivity contribution in [2.45, 2.75) is 39.3 Å². The van der Waals surface area contributed by atoms with Gasteiger partial charge in [0.15, 0.2) is 5.82 Å². The SMILES string of the molecule is CCCn1ccnc(N(C)C(C)CC(N)=S)c1=O. The van der Waals surface area contributed by atoms with E-state index in [-0.39, 0.29) is 11.6 Å². The van der Waals surface area contributed by atoms with E-state index in [9.17, 15) is 4.79 Å². The lowest BCUT2D eigenvalue weighted by Crippen LogP contribution is -2.38. The number of thiocarbonyl (C=S) groups is 1. The first-order valence-electron chi connectivity index (χ1n) is 6.04. The smallest absolute Gasteiger partial charge is 0.293 e. The molecule has 5 nitrogen and oxygen atoms in total. The van der Waals surface area contributed by atoms with Crippen molar-refractivity contribution in [3.05, 3.63) is 22.7 Å². The van der Waals surface area contributed by atoms with Gasteiger partial charge < -0.3 is 15.2 Å².